The van der Waals surface area contributed by atoms with Crippen LogP contribution >= 0.6 is 24.8 Å². The standard InChI is InChI=1S/C19H31N5O2.2ClH/c1-3-19(4-2,13-20)18(26)23-12-15-6-5-9-22-17(15)24-10-7-14(8-11-24)16(21)25;;/h5-6,9,14H,3-4,7-8,10-13,20H2,1-2H3,(H2,21,25)(H,23,26);2*1H. The number of anilines is 1. The lowest BCUT2D eigenvalue weighted by molar-refractivity contribution is -0.131. The molecule has 2 rings (SSSR count). The lowest BCUT2D eigenvalue weighted by Gasteiger charge is -2.33. The second-order valence-corrected chi connectivity index (χ2v) is 7.02. The summed E-state index contributed by atoms with van der Waals surface area (Å²) in [7, 11) is 0. The van der Waals surface area contributed by atoms with Crippen LogP contribution in [0.25, 0.3) is 0 Å². The van der Waals surface area contributed by atoms with Crippen LogP contribution in [0.3, 0.4) is 0 Å². The SMILES string of the molecule is CCC(CC)(CN)C(=O)NCc1cccnc1N1CCC(C(N)=O)CC1.Cl.Cl. The highest BCUT2D eigenvalue weighted by Gasteiger charge is 2.33. The number of nitrogens with one attached hydrogen (secondary N) is 1. The van der Waals surface area contributed by atoms with Crippen LogP contribution in [0.15, 0.2) is 18.3 Å². The molecule has 28 heavy (non-hydrogen) atoms. The van der Waals surface area contributed by atoms with E-state index in [0.717, 1.165) is 37.3 Å². The number of primary amides is 1. The normalized spacial score (nSPS) is 14.6. The average molecular weight is 434 g/mol. The van der Waals surface area contributed by atoms with E-state index in [4.69, 9.17) is 11.5 Å². The fourth-order valence-corrected chi connectivity index (χ4v) is 3.54. The van der Waals surface area contributed by atoms with Gasteiger partial charge >= 0.3 is 0 Å². The minimum absolute atomic E-state index is 0. The van der Waals surface area contributed by atoms with Crippen molar-refractivity contribution in [3.63, 3.8) is 0 Å². The summed E-state index contributed by atoms with van der Waals surface area (Å²) in [4.78, 5) is 30.7. The van der Waals surface area contributed by atoms with E-state index in [9.17, 15) is 9.59 Å². The van der Waals surface area contributed by atoms with Gasteiger partial charge in [0.05, 0.1) is 5.41 Å². The van der Waals surface area contributed by atoms with E-state index >= 15 is 0 Å². The second-order valence-electron chi connectivity index (χ2n) is 7.02. The molecule has 0 atom stereocenters. The van der Waals surface area contributed by atoms with Crippen molar-refractivity contribution in [3.8, 4) is 0 Å². The van der Waals surface area contributed by atoms with Crippen LogP contribution in [-0.2, 0) is 16.1 Å². The number of hydrogen-bond donors (Lipinski definition) is 3. The molecule has 1 fully saturated rings. The zero-order valence-corrected chi connectivity index (χ0v) is 18.3. The number of halogens is 2. The summed E-state index contributed by atoms with van der Waals surface area (Å²) in [6, 6.07) is 3.85. The number of amides is 2. The van der Waals surface area contributed by atoms with Gasteiger partial charge in [-0.25, -0.2) is 4.98 Å². The number of pyridine rings is 1. The summed E-state index contributed by atoms with van der Waals surface area (Å²) >= 11 is 0. The molecule has 0 aliphatic carbocycles. The van der Waals surface area contributed by atoms with Crippen LogP contribution in [0.2, 0.25) is 0 Å². The summed E-state index contributed by atoms with van der Waals surface area (Å²) in [5.74, 6) is 0.571. The molecule has 5 N–H and O–H groups in total. The Morgan fingerprint density at radius 1 is 1.25 bits per heavy atom. The summed E-state index contributed by atoms with van der Waals surface area (Å²) < 4.78 is 0. The van der Waals surface area contributed by atoms with Gasteiger partial charge in [0.15, 0.2) is 0 Å². The largest absolute Gasteiger partial charge is 0.369 e. The Bertz CT molecular complexity index is 624. The third-order valence-electron chi connectivity index (χ3n) is 5.73. The Labute approximate surface area is 179 Å². The summed E-state index contributed by atoms with van der Waals surface area (Å²) in [6.07, 6.45) is 4.65. The van der Waals surface area contributed by atoms with Crippen LogP contribution in [0, 0.1) is 11.3 Å². The maximum Gasteiger partial charge on any atom is 0.227 e. The molecule has 1 aromatic rings. The first-order chi connectivity index (χ1) is 12.5. The van der Waals surface area contributed by atoms with Crippen molar-refractivity contribution in [1.82, 2.24) is 10.3 Å². The number of nitrogens with two attached hydrogens (primary N) is 2. The monoisotopic (exact) mass is 433 g/mol. The maximum absolute atomic E-state index is 12.7. The van der Waals surface area contributed by atoms with Crippen molar-refractivity contribution in [3.05, 3.63) is 23.9 Å². The molecule has 0 spiro atoms. The molecule has 1 saturated heterocycles. The Balaban J connectivity index is 0.00000364. The number of piperidine rings is 1. The lowest BCUT2D eigenvalue weighted by atomic mass is 9.81. The summed E-state index contributed by atoms with van der Waals surface area (Å²) in [5.41, 5.74) is 11.7. The molecular formula is C19H33Cl2N5O2. The van der Waals surface area contributed by atoms with Crippen LogP contribution in [0.4, 0.5) is 5.82 Å². The summed E-state index contributed by atoms with van der Waals surface area (Å²) in [6.45, 7) is 6.22. The number of hydrogen-bond acceptors (Lipinski definition) is 5. The van der Waals surface area contributed by atoms with Gasteiger partial charge in [-0.15, -0.1) is 24.8 Å². The third-order valence-corrected chi connectivity index (χ3v) is 5.73. The van der Waals surface area contributed by atoms with E-state index in [1.54, 1.807) is 6.20 Å². The average Bonchev–Trinajstić information content (AvgIpc) is 2.68. The van der Waals surface area contributed by atoms with E-state index in [1.807, 2.05) is 26.0 Å². The Kier molecular flexibility index (Phi) is 11.4. The molecule has 2 amide bonds. The molecule has 2 heterocycles. The van der Waals surface area contributed by atoms with Gasteiger partial charge in [0.2, 0.25) is 11.8 Å². The van der Waals surface area contributed by atoms with Crippen LogP contribution < -0.4 is 21.7 Å². The number of aromatic nitrogens is 1. The molecule has 0 saturated carbocycles. The van der Waals surface area contributed by atoms with Crippen molar-refractivity contribution < 1.29 is 9.59 Å². The molecule has 9 heteroatoms. The van der Waals surface area contributed by atoms with Crippen molar-refractivity contribution >= 4 is 42.4 Å². The van der Waals surface area contributed by atoms with E-state index in [2.05, 4.69) is 15.2 Å². The highest BCUT2D eigenvalue weighted by atomic mass is 35.5. The number of carbonyl (C=O) groups is 2. The van der Waals surface area contributed by atoms with Gasteiger partial charge in [0.25, 0.3) is 0 Å². The minimum Gasteiger partial charge on any atom is -0.369 e. The van der Waals surface area contributed by atoms with Crippen LogP contribution in [-0.4, -0.2) is 36.4 Å². The molecule has 160 valence electrons. The van der Waals surface area contributed by atoms with Crippen molar-refractivity contribution in [2.24, 2.45) is 22.8 Å². The molecule has 0 radical (unpaired) electrons. The Morgan fingerprint density at radius 3 is 2.36 bits per heavy atom. The molecule has 7 nitrogen and oxygen atoms in total. The molecule has 0 bridgehead atoms. The Hall–Kier alpha value is -1.57. The molecular weight excluding hydrogens is 401 g/mol. The minimum atomic E-state index is -0.512. The molecule has 1 aliphatic heterocycles. The molecule has 1 aromatic heterocycles. The van der Waals surface area contributed by atoms with Gasteiger partial charge in [-0.1, -0.05) is 19.9 Å². The molecule has 1 aliphatic rings. The number of nitrogens with zero attached hydrogens (tertiary/aromatic N) is 2. The van der Waals surface area contributed by atoms with Crippen molar-refractivity contribution in [2.75, 3.05) is 24.5 Å². The topological polar surface area (TPSA) is 114 Å². The predicted octanol–water partition coefficient (Wildman–Crippen LogP) is 2.01. The second kappa shape index (κ2) is 12.1. The van der Waals surface area contributed by atoms with Gasteiger partial charge in [-0.05, 0) is 31.7 Å². The quantitative estimate of drug-likeness (QED) is 0.579. The van der Waals surface area contributed by atoms with E-state index in [-0.39, 0.29) is 42.5 Å². The number of carbonyl (C=O) groups excluding carboxylic acids is 2. The fraction of sp³-hybridized carbons (Fsp3) is 0.632. The summed E-state index contributed by atoms with van der Waals surface area (Å²) in [5, 5.41) is 3.04. The first kappa shape index (κ1) is 26.4. The smallest absolute Gasteiger partial charge is 0.227 e. The van der Waals surface area contributed by atoms with Gasteiger partial charge in [-0.3, -0.25) is 9.59 Å². The van der Waals surface area contributed by atoms with E-state index in [1.165, 1.54) is 0 Å². The lowest BCUT2D eigenvalue weighted by Crippen LogP contribution is -2.45. The maximum atomic E-state index is 12.7. The zero-order valence-electron chi connectivity index (χ0n) is 16.6. The molecule has 0 aromatic carbocycles. The van der Waals surface area contributed by atoms with Crippen LogP contribution in [0.1, 0.15) is 45.1 Å². The van der Waals surface area contributed by atoms with Crippen molar-refractivity contribution in [1.29, 1.82) is 0 Å². The van der Waals surface area contributed by atoms with Gasteiger partial charge in [-0.2, -0.15) is 0 Å². The van der Waals surface area contributed by atoms with Gasteiger partial charge < -0.3 is 21.7 Å². The van der Waals surface area contributed by atoms with E-state index in [0.29, 0.717) is 25.9 Å². The van der Waals surface area contributed by atoms with Crippen LogP contribution in [0.5, 0.6) is 0 Å². The first-order valence-electron chi connectivity index (χ1n) is 9.44. The Morgan fingerprint density at radius 2 is 1.86 bits per heavy atom. The van der Waals surface area contributed by atoms with E-state index < -0.39 is 5.41 Å². The highest BCUT2D eigenvalue weighted by Crippen LogP contribution is 2.27. The van der Waals surface area contributed by atoms with Crippen molar-refractivity contribution in [2.45, 2.75) is 46.1 Å². The fourth-order valence-electron chi connectivity index (χ4n) is 3.54. The third kappa shape index (κ3) is 5.96. The van der Waals surface area contributed by atoms with Gasteiger partial charge in [0.1, 0.15) is 5.82 Å². The highest BCUT2D eigenvalue weighted by molar-refractivity contribution is 5.85. The zero-order chi connectivity index (χ0) is 19.2. The molecule has 0 unspecified atom stereocenters. The number of rotatable bonds is 8. The first-order valence-corrected chi connectivity index (χ1v) is 9.44. The predicted molar refractivity (Wildman–Crippen MR) is 117 cm³/mol. The van der Waals surface area contributed by atoms with Gasteiger partial charge in [0, 0.05) is 43.9 Å².